The molecule has 1 amide bonds. The van der Waals surface area contributed by atoms with Gasteiger partial charge >= 0.3 is 12.1 Å². The predicted molar refractivity (Wildman–Crippen MR) is 178 cm³/mol. The van der Waals surface area contributed by atoms with Crippen molar-refractivity contribution < 1.29 is 23.0 Å². The third-order valence-corrected chi connectivity index (χ3v) is 9.73. The van der Waals surface area contributed by atoms with E-state index in [-0.39, 0.29) is 36.0 Å². The summed E-state index contributed by atoms with van der Waals surface area (Å²) in [5.74, 6) is -0.278. The number of aromatic nitrogens is 3. The van der Waals surface area contributed by atoms with E-state index in [0.29, 0.717) is 53.2 Å². The zero-order chi connectivity index (χ0) is 32.9. The quantitative estimate of drug-likeness (QED) is 0.228. The minimum atomic E-state index is -0.911. The summed E-state index contributed by atoms with van der Waals surface area (Å²) < 4.78 is 43.0. The number of pyridine rings is 1. The van der Waals surface area contributed by atoms with Crippen LogP contribution in [0.15, 0.2) is 42.6 Å². The van der Waals surface area contributed by atoms with E-state index in [0.717, 1.165) is 37.6 Å². The molecule has 0 saturated carbocycles. The Labute approximate surface area is 277 Å². The average molecular weight is 665 g/mol. The summed E-state index contributed by atoms with van der Waals surface area (Å²) >= 11 is 6.59. The van der Waals surface area contributed by atoms with Crippen LogP contribution in [0.25, 0.3) is 32.9 Å². The maximum atomic E-state index is 16.7. The summed E-state index contributed by atoms with van der Waals surface area (Å²) in [7, 11) is 0. The molecule has 4 aromatic rings. The molecule has 3 atom stereocenters. The fourth-order valence-corrected chi connectivity index (χ4v) is 7.60. The Morgan fingerprint density at radius 3 is 2.74 bits per heavy atom. The lowest BCUT2D eigenvalue weighted by molar-refractivity contribution is 0.0206. The van der Waals surface area contributed by atoms with Crippen molar-refractivity contribution in [1.82, 2.24) is 24.8 Å². The molecule has 3 saturated heterocycles. The zero-order valence-electron chi connectivity index (χ0n) is 26.9. The SMILES string of the molecule is CC(C)(C)OC(=O)N1CCC[C@@H](Nc2nc(OC[C@@]34CCCN3C[C@H](F)C4)nc3c(F)c(-c4cccc5cccc(Cl)c45)ncc23)C1. The lowest BCUT2D eigenvalue weighted by atomic mass is 9.95. The van der Waals surface area contributed by atoms with Crippen LogP contribution in [0, 0.1) is 5.82 Å². The second kappa shape index (κ2) is 12.3. The molecule has 0 aliphatic carbocycles. The summed E-state index contributed by atoms with van der Waals surface area (Å²) in [6.45, 7) is 7.89. The van der Waals surface area contributed by atoms with E-state index < -0.39 is 23.1 Å². The number of halogens is 3. The van der Waals surface area contributed by atoms with Crippen LogP contribution < -0.4 is 10.1 Å². The van der Waals surface area contributed by atoms with Crippen LogP contribution in [0.4, 0.5) is 19.4 Å². The Balaban J connectivity index is 1.26. The van der Waals surface area contributed by atoms with Crippen molar-refractivity contribution in [2.45, 2.75) is 76.2 Å². The maximum absolute atomic E-state index is 16.7. The van der Waals surface area contributed by atoms with Crippen molar-refractivity contribution in [2.24, 2.45) is 0 Å². The number of rotatable bonds is 6. The van der Waals surface area contributed by atoms with E-state index in [2.05, 4.69) is 20.2 Å². The van der Waals surface area contributed by atoms with Crippen molar-refractivity contribution in [2.75, 3.05) is 38.1 Å². The van der Waals surface area contributed by atoms with Gasteiger partial charge in [-0.2, -0.15) is 9.97 Å². The molecule has 3 fully saturated rings. The molecule has 3 aliphatic heterocycles. The number of piperidine rings is 1. The Morgan fingerprint density at radius 2 is 1.94 bits per heavy atom. The molecule has 0 bridgehead atoms. The van der Waals surface area contributed by atoms with Gasteiger partial charge in [-0.15, -0.1) is 0 Å². The average Bonchev–Trinajstić information content (AvgIpc) is 3.55. The van der Waals surface area contributed by atoms with Crippen molar-refractivity contribution in [3.05, 3.63) is 53.4 Å². The predicted octanol–water partition coefficient (Wildman–Crippen LogP) is 7.40. The number of carbonyl (C=O) groups excluding carboxylic acids is 1. The molecule has 7 rings (SSSR count). The molecular weight excluding hydrogens is 626 g/mol. The van der Waals surface area contributed by atoms with Crippen LogP contribution in [-0.2, 0) is 4.74 Å². The van der Waals surface area contributed by atoms with Gasteiger partial charge in [-0.05, 0) is 64.5 Å². The van der Waals surface area contributed by atoms with Crippen LogP contribution in [0.5, 0.6) is 6.01 Å². The van der Waals surface area contributed by atoms with Gasteiger partial charge in [0.1, 0.15) is 35.4 Å². The third kappa shape index (κ3) is 6.27. The molecule has 0 radical (unpaired) electrons. The number of benzene rings is 2. The van der Waals surface area contributed by atoms with Gasteiger partial charge in [0.05, 0.1) is 10.9 Å². The first-order valence-electron chi connectivity index (χ1n) is 16.3. The lowest BCUT2D eigenvalue weighted by Gasteiger charge is -2.34. The van der Waals surface area contributed by atoms with Crippen LogP contribution in [0.1, 0.15) is 52.9 Å². The number of likely N-dealkylation sites (tertiary alicyclic amines) is 1. The molecule has 248 valence electrons. The summed E-state index contributed by atoms with van der Waals surface area (Å²) in [6.07, 6.45) is 3.96. The molecule has 0 unspecified atom stereocenters. The Bertz CT molecular complexity index is 1830. The summed E-state index contributed by atoms with van der Waals surface area (Å²) in [6, 6.07) is 10.9. The molecule has 2 aromatic carbocycles. The molecule has 12 heteroatoms. The van der Waals surface area contributed by atoms with Gasteiger partial charge in [-0.1, -0.05) is 41.9 Å². The summed E-state index contributed by atoms with van der Waals surface area (Å²) in [5, 5.41) is 5.86. The van der Waals surface area contributed by atoms with Crippen LogP contribution >= 0.6 is 11.6 Å². The summed E-state index contributed by atoms with van der Waals surface area (Å²) in [4.78, 5) is 30.5. The van der Waals surface area contributed by atoms with Crippen LogP contribution in [0.3, 0.4) is 0 Å². The normalized spacial score (nSPS) is 23.3. The fraction of sp³-hybridized carbons (Fsp3) is 0.486. The monoisotopic (exact) mass is 664 g/mol. The molecule has 9 nitrogen and oxygen atoms in total. The number of hydrogen-bond acceptors (Lipinski definition) is 8. The largest absolute Gasteiger partial charge is 0.461 e. The lowest BCUT2D eigenvalue weighted by Crippen LogP contribution is -2.47. The van der Waals surface area contributed by atoms with Gasteiger partial charge in [-0.25, -0.2) is 13.6 Å². The number of nitrogens with one attached hydrogen (secondary N) is 1. The van der Waals surface area contributed by atoms with Gasteiger partial charge in [0.25, 0.3) is 0 Å². The standard InChI is InChI=1S/C35H39ClF2N6O3/c1-34(2,3)47-33(45)43-14-6-10-23(19-43)40-31-25-17-39-29(24-11-4-8-21-9-5-12-26(36)27(21)24)28(38)30(25)41-32(42-31)46-20-35-13-7-15-44(35)18-22(37)16-35/h4-5,8-9,11-12,17,22-23H,6-7,10,13-16,18-20H2,1-3H3,(H,40,41,42)/t22-,23-,35+/m1/s1. The number of carbonyl (C=O) groups is 1. The van der Waals surface area contributed by atoms with Crippen molar-refractivity contribution >= 4 is 45.2 Å². The molecule has 3 aliphatic rings. The first-order chi connectivity index (χ1) is 22.5. The second-order valence-corrected chi connectivity index (χ2v) is 14.4. The molecule has 0 spiro atoms. The first-order valence-corrected chi connectivity index (χ1v) is 16.7. The highest BCUT2D eigenvalue weighted by Crippen LogP contribution is 2.41. The van der Waals surface area contributed by atoms with E-state index in [1.165, 1.54) is 0 Å². The van der Waals surface area contributed by atoms with Crippen LogP contribution in [0.2, 0.25) is 5.02 Å². The number of alkyl halides is 1. The number of ether oxygens (including phenoxy) is 2. The number of fused-ring (bicyclic) bond motifs is 3. The fourth-order valence-electron chi connectivity index (χ4n) is 7.32. The highest BCUT2D eigenvalue weighted by atomic mass is 35.5. The van der Waals surface area contributed by atoms with E-state index in [9.17, 15) is 9.18 Å². The Kier molecular flexibility index (Phi) is 8.32. The maximum Gasteiger partial charge on any atom is 0.410 e. The molecule has 5 heterocycles. The highest BCUT2D eigenvalue weighted by Gasteiger charge is 2.49. The molecular formula is C35H39ClF2N6O3. The van der Waals surface area contributed by atoms with E-state index in [4.69, 9.17) is 26.1 Å². The smallest absolute Gasteiger partial charge is 0.410 e. The number of anilines is 1. The number of hydrogen-bond donors (Lipinski definition) is 1. The number of amides is 1. The van der Waals surface area contributed by atoms with Crippen molar-refractivity contribution in [3.8, 4) is 17.3 Å². The highest BCUT2D eigenvalue weighted by molar-refractivity contribution is 6.36. The summed E-state index contributed by atoms with van der Waals surface area (Å²) in [5.41, 5.74) is -0.343. The minimum absolute atomic E-state index is 0.00431. The third-order valence-electron chi connectivity index (χ3n) is 9.42. The van der Waals surface area contributed by atoms with E-state index in [1.54, 1.807) is 23.2 Å². The van der Waals surface area contributed by atoms with Gasteiger partial charge in [0.2, 0.25) is 0 Å². The minimum Gasteiger partial charge on any atom is -0.461 e. The van der Waals surface area contributed by atoms with E-state index >= 15 is 4.39 Å². The first kappa shape index (κ1) is 31.8. The van der Waals surface area contributed by atoms with Gasteiger partial charge in [0.15, 0.2) is 5.82 Å². The topological polar surface area (TPSA) is 92.7 Å². The zero-order valence-corrected chi connectivity index (χ0v) is 27.6. The van der Waals surface area contributed by atoms with Crippen LogP contribution in [-0.4, -0.2) is 87.0 Å². The molecule has 1 N–H and O–H groups in total. The van der Waals surface area contributed by atoms with E-state index in [1.807, 2.05) is 45.0 Å². The van der Waals surface area contributed by atoms with Gasteiger partial charge in [0, 0.05) is 54.3 Å². The van der Waals surface area contributed by atoms with Crippen molar-refractivity contribution in [1.29, 1.82) is 0 Å². The van der Waals surface area contributed by atoms with Gasteiger partial charge < -0.3 is 19.7 Å². The van der Waals surface area contributed by atoms with Gasteiger partial charge in [-0.3, -0.25) is 9.88 Å². The number of nitrogens with zero attached hydrogens (tertiary/aromatic N) is 5. The molecule has 2 aromatic heterocycles. The molecule has 47 heavy (non-hydrogen) atoms. The van der Waals surface area contributed by atoms with Crippen molar-refractivity contribution in [3.63, 3.8) is 0 Å². The Hall–Kier alpha value is -3.83. The Morgan fingerprint density at radius 1 is 1.13 bits per heavy atom. The second-order valence-electron chi connectivity index (χ2n) is 14.0.